The second kappa shape index (κ2) is 5.49. The highest BCUT2D eigenvalue weighted by molar-refractivity contribution is 5.87. The van der Waals surface area contributed by atoms with Gasteiger partial charge >= 0.3 is 5.97 Å². The van der Waals surface area contributed by atoms with E-state index < -0.39 is 11.5 Å². The zero-order chi connectivity index (χ0) is 14.0. The minimum absolute atomic E-state index is 0.00202. The van der Waals surface area contributed by atoms with Gasteiger partial charge < -0.3 is 16.2 Å². The van der Waals surface area contributed by atoms with E-state index in [1.165, 1.54) is 0 Å². The standard InChI is InChI=1S/C14H24N2O3/c1-9-3-2-6-14(15,8-9)13(19)16-11(7-12(17)18)10-4-5-10/h9-11H,2-8,15H2,1H3,(H,16,19)(H,17,18). The van der Waals surface area contributed by atoms with Crippen LogP contribution in [0.4, 0.5) is 0 Å². The summed E-state index contributed by atoms with van der Waals surface area (Å²) in [4.78, 5) is 23.2. The van der Waals surface area contributed by atoms with E-state index in [-0.39, 0.29) is 18.4 Å². The first-order valence-electron chi connectivity index (χ1n) is 7.22. The molecule has 2 fully saturated rings. The second-order valence-electron chi connectivity index (χ2n) is 6.37. The Bertz CT molecular complexity index is 368. The minimum Gasteiger partial charge on any atom is -0.481 e. The summed E-state index contributed by atoms with van der Waals surface area (Å²) in [6, 6.07) is -0.248. The average Bonchev–Trinajstić information content (AvgIpc) is 3.10. The first-order chi connectivity index (χ1) is 8.90. The van der Waals surface area contributed by atoms with Crippen molar-refractivity contribution in [3.05, 3.63) is 0 Å². The van der Waals surface area contributed by atoms with Gasteiger partial charge in [0.05, 0.1) is 12.0 Å². The lowest BCUT2D eigenvalue weighted by Gasteiger charge is -2.36. The molecule has 2 aliphatic rings. The molecule has 5 nitrogen and oxygen atoms in total. The second-order valence-corrected chi connectivity index (χ2v) is 6.37. The molecule has 0 aromatic carbocycles. The van der Waals surface area contributed by atoms with Crippen molar-refractivity contribution >= 4 is 11.9 Å². The van der Waals surface area contributed by atoms with Crippen LogP contribution in [0, 0.1) is 11.8 Å². The molecule has 0 aliphatic heterocycles. The Balaban J connectivity index is 1.96. The summed E-state index contributed by atoms with van der Waals surface area (Å²) in [5, 5.41) is 11.8. The zero-order valence-electron chi connectivity index (χ0n) is 11.5. The minimum atomic E-state index is -0.861. The Morgan fingerprint density at radius 3 is 2.63 bits per heavy atom. The monoisotopic (exact) mass is 268 g/mol. The van der Waals surface area contributed by atoms with E-state index in [0.29, 0.717) is 24.7 Å². The normalized spacial score (nSPS) is 32.6. The molecule has 0 radical (unpaired) electrons. The number of aliphatic carboxylic acids is 1. The number of rotatable bonds is 5. The first-order valence-corrected chi connectivity index (χ1v) is 7.22. The van der Waals surface area contributed by atoms with Crippen LogP contribution in [0.2, 0.25) is 0 Å². The molecule has 0 spiro atoms. The van der Waals surface area contributed by atoms with Crippen LogP contribution in [-0.2, 0) is 9.59 Å². The summed E-state index contributed by atoms with van der Waals surface area (Å²) in [6.07, 6.45) is 5.50. The Morgan fingerprint density at radius 2 is 2.11 bits per heavy atom. The maximum absolute atomic E-state index is 12.4. The molecule has 2 aliphatic carbocycles. The molecule has 0 aromatic heterocycles. The van der Waals surface area contributed by atoms with Crippen LogP contribution >= 0.6 is 0 Å². The number of carbonyl (C=O) groups excluding carboxylic acids is 1. The number of nitrogens with two attached hydrogens (primary N) is 1. The number of hydrogen-bond acceptors (Lipinski definition) is 3. The van der Waals surface area contributed by atoms with Gasteiger partial charge in [0.25, 0.3) is 0 Å². The summed E-state index contributed by atoms with van der Waals surface area (Å²) >= 11 is 0. The average molecular weight is 268 g/mol. The maximum Gasteiger partial charge on any atom is 0.305 e. The molecule has 4 N–H and O–H groups in total. The van der Waals surface area contributed by atoms with Crippen LogP contribution in [0.1, 0.15) is 51.9 Å². The molecule has 0 heterocycles. The highest BCUT2D eigenvalue weighted by atomic mass is 16.4. The highest BCUT2D eigenvalue weighted by Crippen LogP contribution is 2.35. The van der Waals surface area contributed by atoms with Crippen LogP contribution < -0.4 is 11.1 Å². The molecule has 0 saturated heterocycles. The van der Waals surface area contributed by atoms with Gasteiger partial charge in [0, 0.05) is 6.04 Å². The Morgan fingerprint density at radius 1 is 1.42 bits per heavy atom. The summed E-state index contributed by atoms with van der Waals surface area (Å²) in [5.41, 5.74) is 5.43. The van der Waals surface area contributed by atoms with Crippen molar-refractivity contribution in [2.45, 2.75) is 63.5 Å². The SMILES string of the molecule is CC1CCCC(N)(C(=O)NC(CC(=O)O)C2CC2)C1. The van der Waals surface area contributed by atoms with Crippen LogP contribution in [0.25, 0.3) is 0 Å². The van der Waals surface area contributed by atoms with E-state index in [1.807, 2.05) is 0 Å². The topological polar surface area (TPSA) is 92.4 Å². The van der Waals surface area contributed by atoms with E-state index in [1.54, 1.807) is 0 Å². The molecular formula is C14H24N2O3. The zero-order valence-corrected chi connectivity index (χ0v) is 11.5. The van der Waals surface area contributed by atoms with Crippen LogP contribution in [0.5, 0.6) is 0 Å². The number of nitrogens with one attached hydrogen (secondary N) is 1. The lowest BCUT2D eigenvalue weighted by molar-refractivity contribution is -0.138. The molecule has 2 saturated carbocycles. The summed E-state index contributed by atoms with van der Waals surface area (Å²) in [5.74, 6) is -0.231. The van der Waals surface area contributed by atoms with Gasteiger partial charge in [-0.2, -0.15) is 0 Å². The van der Waals surface area contributed by atoms with Crippen LogP contribution in [0.3, 0.4) is 0 Å². The van der Waals surface area contributed by atoms with Crippen molar-refractivity contribution in [1.29, 1.82) is 0 Å². The summed E-state index contributed by atoms with van der Waals surface area (Å²) in [6.45, 7) is 2.11. The van der Waals surface area contributed by atoms with Crippen molar-refractivity contribution in [1.82, 2.24) is 5.32 Å². The number of carboxylic acids is 1. The van der Waals surface area contributed by atoms with Crippen LogP contribution in [0.15, 0.2) is 0 Å². The van der Waals surface area contributed by atoms with Gasteiger partial charge in [0.1, 0.15) is 0 Å². The molecular weight excluding hydrogens is 244 g/mol. The van der Waals surface area contributed by atoms with Gasteiger partial charge in [-0.3, -0.25) is 9.59 Å². The van der Waals surface area contributed by atoms with E-state index in [4.69, 9.17) is 10.8 Å². The molecule has 5 heteroatoms. The Hall–Kier alpha value is -1.10. The quantitative estimate of drug-likeness (QED) is 0.700. The predicted octanol–water partition coefficient (Wildman–Crippen LogP) is 1.26. The van der Waals surface area contributed by atoms with Gasteiger partial charge in [-0.1, -0.05) is 19.8 Å². The number of hydrogen-bond donors (Lipinski definition) is 3. The van der Waals surface area contributed by atoms with E-state index in [2.05, 4.69) is 12.2 Å². The molecule has 0 aromatic rings. The number of carbonyl (C=O) groups is 2. The highest BCUT2D eigenvalue weighted by Gasteiger charge is 2.41. The van der Waals surface area contributed by atoms with E-state index >= 15 is 0 Å². The Labute approximate surface area is 113 Å². The number of carboxylic acid groups (broad SMARTS) is 1. The van der Waals surface area contributed by atoms with Crippen molar-refractivity contribution < 1.29 is 14.7 Å². The van der Waals surface area contributed by atoms with Crippen molar-refractivity contribution in [2.24, 2.45) is 17.6 Å². The summed E-state index contributed by atoms with van der Waals surface area (Å²) < 4.78 is 0. The molecule has 19 heavy (non-hydrogen) atoms. The third kappa shape index (κ3) is 3.69. The van der Waals surface area contributed by atoms with Gasteiger partial charge in [-0.15, -0.1) is 0 Å². The largest absolute Gasteiger partial charge is 0.481 e. The van der Waals surface area contributed by atoms with E-state index in [0.717, 1.165) is 25.7 Å². The lowest BCUT2D eigenvalue weighted by Crippen LogP contribution is -2.58. The third-order valence-electron chi connectivity index (χ3n) is 4.39. The van der Waals surface area contributed by atoms with Crippen molar-refractivity contribution in [3.63, 3.8) is 0 Å². The summed E-state index contributed by atoms with van der Waals surface area (Å²) in [7, 11) is 0. The lowest BCUT2D eigenvalue weighted by atomic mass is 9.76. The van der Waals surface area contributed by atoms with E-state index in [9.17, 15) is 9.59 Å². The molecule has 1 amide bonds. The van der Waals surface area contributed by atoms with Gasteiger partial charge in [-0.05, 0) is 37.5 Å². The van der Waals surface area contributed by atoms with Crippen molar-refractivity contribution in [2.75, 3.05) is 0 Å². The van der Waals surface area contributed by atoms with Crippen LogP contribution in [-0.4, -0.2) is 28.6 Å². The van der Waals surface area contributed by atoms with Crippen molar-refractivity contribution in [3.8, 4) is 0 Å². The predicted molar refractivity (Wildman–Crippen MR) is 71.5 cm³/mol. The van der Waals surface area contributed by atoms with Gasteiger partial charge in [-0.25, -0.2) is 0 Å². The van der Waals surface area contributed by atoms with Gasteiger partial charge in [0.2, 0.25) is 5.91 Å². The fourth-order valence-electron chi connectivity index (χ4n) is 3.13. The van der Waals surface area contributed by atoms with Gasteiger partial charge in [0.15, 0.2) is 0 Å². The maximum atomic E-state index is 12.4. The first kappa shape index (κ1) is 14.3. The third-order valence-corrected chi connectivity index (χ3v) is 4.39. The fourth-order valence-corrected chi connectivity index (χ4v) is 3.13. The molecule has 0 bridgehead atoms. The molecule has 3 atom stereocenters. The Kier molecular flexibility index (Phi) is 4.13. The smallest absolute Gasteiger partial charge is 0.305 e. The molecule has 2 rings (SSSR count). The molecule has 108 valence electrons. The molecule has 3 unspecified atom stereocenters. The fraction of sp³-hybridized carbons (Fsp3) is 0.857. The number of amides is 1.